The number of halogens is 2. The van der Waals surface area contributed by atoms with Crippen LogP contribution >= 0.6 is 22.9 Å². The van der Waals surface area contributed by atoms with Crippen LogP contribution < -0.4 is 0 Å². The smallest absolute Gasteiger partial charge is 0.264 e. The first-order valence-electron chi connectivity index (χ1n) is 4.51. The van der Waals surface area contributed by atoms with Gasteiger partial charge >= 0.3 is 0 Å². The summed E-state index contributed by atoms with van der Waals surface area (Å²) < 4.78 is 12.7. The fourth-order valence-electron chi connectivity index (χ4n) is 1.29. The average Bonchev–Trinajstić information content (AvgIpc) is 2.61. The molecule has 2 rings (SSSR count). The van der Waals surface area contributed by atoms with Crippen molar-refractivity contribution in [3.05, 3.63) is 40.7 Å². The lowest BCUT2D eigenvalue weighted by molar-refractivity contribution is 0.108. The standard InChI is InChI=1S/C11H7ClFNOS/c1-6-9(10(12)15)16-11(14-6)7-2-4-8(13)5-3-7/h2-5H,1H3. The van der Waals surface area contributed by atoms with Crippen molar-refractivity contribution in [2.45, 2.75) is 6.92 Å². The first kappa shape index (κ1) is 11.2. The summed E-state index contributed by atoms with van der Waals surface area (Å²) in [6.07, 6.45) is 0. The summed E-state index contributed by atoms with van der Waals surface area (Å²) in [5.41, 5.74) is 1.38. The molecule has 0 saturated heterocycles. The molecule has 0 aliphatic carbocycles. The van der Waals surface area contributed by atoms with Crippen molar-refractivity contribution in [3.63, 3.8) is 0 Å². The lowest BCUT2D eigenvalue weighted by atomic mass is 10.2. The molecule has 0 aliphatic heterocycles. The molecule has 1 heterocycles. The Labute approximate surface area is 101 Å². The molecule has 0 fully saturated rings. The molecule has 0 bridgehead atoms. The summed E-state index contributed by atoms with van der Waals surface area (Å²) in [6, 6.07) is 5.95. The fourth-order valence-corrected chi connectivity index (χ4v) is 2.45. The molecule has 0 atom stereocenters. The van der Waals surface area contributed by atoms with Gasteiger partial charge in [-0.1, -0.05) is 0 Å². The summed E-state index contributed by atoms with van der Waals surface area (Å²) in [5.74, 6) is -0.300. The van der Waals surface area contributed by atoms with Crippen LogP contribution in [0.2, 0.25) is 0 Å². The normalized spacial score (nSPS) is 10.4. The van der Waals surface area contributed by atoms with Gasteiger partial charge in [0.15, 0.2) is 0 Å². The Hall–Kier alpha value is -1.26. The van der Waals surface area contributed by atoms with Crippen LogP contribution in [0.15, 0.2) is 24.3 Å². The van der Waals surface area contributed by atoms with Gasteiger partial charge < -0.3 is 0 Å². The Bertz CT molecular complexity index is 535. The molecular formula is C11H7ClFNOS. The maximum absolute atomic E-state index is 12.7. The molecule has 82 valence electrons. The van der Waals surface area contributed by atoms with E-state index in [1.165, 1.54) is 23.5 Å². The predicted molar refractivity (Wildman–Crippen MR) is 62.4 cm³/mol. The van der Waals surface area contributed by atoms with Crippen molar-refractivity contribution in [1.82, 2.24) is 4.98 Å². The summed E-state index contributed by atoms with van der Waals surface area (Å²) >= 11 is 6.62. The van der Waals surface area contributed by atoms with Gasteiger partial charge in [0.1, 0.15) is 15.7 Å². The highest BCUT2D eigenvalue weighted by Crippen LogP contribution is 2.28. The first-order valence-corrected chi connectivity index (χ1v) is 5.70. The zero-order valence-corrected chi connectivity index (χ0v) is 9.90. The highest BCUT2D eigenvalue weighted by Gasteiger charge is 2.13. The minimum atomic E-state index is -0.511. The SMILES string of the molecule is Cc1nc(-c2ccc(F)cc2)sc1C(=O)Cl. The summed E-state index contributed by atoms with van der Waals surface area (Å²) in [6.45, 7) is 1.72. The van der Waals surface area contributed by atoms with Crippen LogP contribution in [0.3, 0.4) is 0 Å². The second kappa shape index (κ2) is 4.31. The number of benzene rings is 1. The zero-order valence-electron chi connectivity index (χ0n) is 8.33. The molecule has 16 heavy (non-hydrogen) atoms. The Morgan fingerprint density at radius 2 is 2.00 bits per heavy atom. The van der Waals surface area contributed by atoms with E-state index in [4.69, 9.17) is 11.6 Å². The molecule has 0 N–H and O–H groups in total. The molecule has 0 amide bonds. The van der Waals surface area contributed by atoms with Gasteiger partial charge in [0.05, 0.1) is 5.69 Å². The maximum Gasteiger partial charge on any atom is 0.264 e. The lowest BCUT2D eigenvalue weighted by Gasteiger charge is -1.94. The molecular weight excluding hydrogens is 249 g/mol. The molecule has 0 unspecified atom stereocenters. The van der Waals surface area contributed by atoms with E-state index >= 15 is 0 Å². The fraction of sp³-hybridized carbons (Fsp3) is 0.0909. The van der Waals surface area contributed by atoms with Crippen LogP contribution in [-0.2, 0) is 0 Å². The number of hydrogen-bond donors (Lipinski definition) is 0. The molecule has 1 aromatic carbocycles. The topological polar surface area (TPSA) is 30.0 Å². The molecule has 2 aromatic rings. The summed E-state index contributed by atoms with van der Waals surface area (Å²) in [5, 5.41) is 0.157. The highest BCUT2D eigenvalue weighted by molar-refractivity contribution is 7.18. The molecule has 0 aliphatic rings. The van der Waals surface area contributed by atoms with E-state index in [9.17, 15) is 9.18 Å². The van der Waals surface area contributed by atoms with Crippen molar-refractivity contribution in [3.8, 4) is 10.6 Å². The highest BCUT2D eigenvalue weighted by atomic mass is 35.5. The van der Waals surface area contributed by atoms with Crippen LogP contribution in [0.5, 0.6) is 0 Å². The van der Waals surface area contributed by atoms with E-state index < -0.39 is 5.24 Å². The van der Waals surface area contributed by atoms with Gasteiger partial charge in [-0.3, -0.25) is 4.79 Å². The largest absolute Gasteiger partial charge is 0.275 e. The van der Waals surface area contributed by atoms with E-state index in [-0.39, 0.29) is 5.82 Å². The van der Waals surface area contributed by atoms with E-state index in [0.717, 1.165) is 5.56 Å². The van der Waals surface area contributed by atoms with Gasteiger partial charge in [0, 0.05) is 5.56 Å². The number of aromatic nitrogens is 1. The summed E-state index contributed by atoms with van der Waals surface area (Å²) in [4.78, 5) is 15.7. The molecule has 1 aromatic heterocycles. The van der Waals surface area contributed by atoms with Gasteiger partial charge in [-0.25, -0.2) is 9.37 Å². The Kier molecular flexibility index (Phi) is 3.03. The minimum Gasteiger partial charge on any atom is -0.275 e. The number of hydrogen-bond acceptors (Lipinski definition) is 3. The number of rotatable bonds is 2. The van der Waals surface area contributed by atoms with Gasteiger partial charge in [-0.2, -0.15) is 0 Å². The van der Waals surface area contributed by atoms with Gasteiger partial charge in [-0.05, 0) is 42.8 Å². The van der Waals surface area contributed by atoms with Gasteiger partial charge in [0.25, 0.3) is 5.24 Å². The van der Waals surface area contributed by atoms with Gasteiger partial charge in [0.2, 0.25) is 0 Å². The zero-order chi connectivity index (χ0) is 11.7. The second-order valence-electron chi connectivity index (χ2n) is 3.21. The van der Waals surface area contributed by atoms with Crippen LogP contribution in [0.1, 0.15) is 15.4 Å². The predicted octanol–water partition coefficient (Wildman–Crippen LogP) is 3.64. The minimum absolute atomic E-state index is 0.300. The second-order valence-corrected chi connectivity index (χ2v) is 4.56. The Balaban J connectivity index is 2.45. The summed E-state index contributed by atoms with van der Waals surface area (Å²) in [7, 11) is 0. The first-order chi connectivity index (χ1) is 7.58. The quantitative estimate of drug-likeness (QED) is 0.767. The third-order valence-corrected chi connectivity index (χ3v) is 3.57. The van der Waals surface area contributed by atoms with Crippen LogP contribution in [0, 0.1) is 12.7 Å². The molecule has 0 saturated carbocycles. The van der Waals surface area contributed by atoms with E-state index in [2.05, 4.69) is 4.98 Å². The number of nitrogens with zero attached hydrogens (tertiary/aromatic N) is 1. The molecule has 0 spiro atoms. The van der Waals surface area contributed by atoms with Crippen LogP contribution in [0.4, 0.5) is 4.39 Å². The van der Waals surface area contributed by atoms with E-state index in [0.29, 0.717) is 15.6 Å². The van der Waals surface area contributed by atoms with Crippen molar-refractivity contribution < 1.29 is 9.18 Å². The van der Waals surface area contributed by atoms with E-state index in [1.807, 2.05) is 0 Å². The van der Waals surface area contributed by atoms with Crippen molar-refractivity contribution >= 4 is 28.2 Å². The maximum atomic E-state index is 12.7. The number of carbonyl (C=O) groups is 1. The van der Waals surface area contributed by atoms with E-state index in [1.54, 1.807) is 19.1 Å². The van der Waals surface area contributed by atoms with Crippen molar-refractivity contribution in [1.29, 1.82) is 0 Å². The molecule has 5 heteroatoms. The molecule has 2 nitrogen and oxygen atoms in total. The number of carbonyl (C=O) groups excluding carboxylic acids is 1. The average molecular weight is 256 g/mol. The monoisotopic (exact) mass is 255 g/mol. The third-order valence-electron chi connectivity index (χ3n) is 2.07. The van der Waals surface area contributed by atoms with Crippen molar-refractivity contribution in [2.24, 2.45) is 0 Å². The lowest BCUT2D eigenvalue weighted by Crippen LogP contribution is -1.86. The number of thiazole rings is 1. The molecule has 0 radical (unpaired) electrons. The van der Waals surface area contributed by atoms with Crippen LogP contribution in [-0.4, -0.2) is 10.2 Å². The Morgan fingerprint density at radius 3 is 2.50 bits per heavy atom. The van der Waals surface area contributed by atoms with Gasteiger partial charge in [-0.15, -0.1) is 11.3 Å². The number of aryl methyl sites for hydroxylation is 1. The van der Waals surface area contributed by atoms with Crippen molar-refractivity contribution in [2.75, 3.05) is 0 Å². The third kappa shape index (κ3) is 2.13. The Morgan fingerprint density at radius 1 is 1.38 bits per heavy atom. The van der Waals surface area contributed by atoms with Crippen LogP contribution in [0.25, 0.3) is 10.6 Å².